The second-order valence-electron chi connectivity index (χ2n) is 4.43. The average molecular weight is 279 g/mol. The third kappa shape index (κ3) is 3.95. The number of hydrogen-bond acceptors (Lipinski definition) is 3. The molecule has 0 saturated carbocycles. The lowest BCUT2D eigenvalue weighted by atomic mass is 10.1. The van der Waals surface area contributed by atoms with Crippen LogP contribution in [-0.4, -0.2) is 11.1 Å². The fraction of sp³-hybridized carbons (Fsp3) is 0.0588. The molecular formula is C17H13NO3. The van der Waals surface area contributed by atoms with Gasteiger partial charge in [0.1, 0.15) is 11.5 Å². The van der Waals surface area contributed by atoms with Crippen LogP contribution in [0.1, 0.15) is 16.7 Å². The molecule has 1 N–H and O–H groups in total. The van der Waals surface area contributed by atoms with E-state index in [1.165, 1.54) is 6.08 Å². The highest BCUT2D eigenvalue weighted by Gasteiger charge is 2.02. The molecule has 0 aliphatic heterocycles. The van der Waals surface area contributed by atoms with Gasteiger partial charge in [-0.1, -0.05) is 12.1 Å². The Morgan fingerprint density at radius 2 is 2.00 bits per heavy atom. The van der Waals surface area contributed by atoms with Crippen molar-refractivity contribution in [1.82, 2.24) is 0 Å². The summed E-state index contributed by atoms with van der Waals surface area (Å²) >= 11 is 0. The summed E-state index contributed by atoms with van der Waals surface area (Å²) in [6.45, 7) is 1.88. The maximum Gasteiger partial charge on any atom is 0.328 e. The normalized spacial score (nSPS) is 10.3. The van der Waals surface area contributed by atoms with E-state index in [9.17, 15) is 4.79 Å². The van der Waals surface area contributed by atoms with Crippen molar-refractivity contribution in [2.75, 3.05) is 0 Å². The number of aliphatic carboxylic acids is 1. The zero-order valence-corrected chi connectivity index (χ0v) is 11.4. The van der Waals surface area contributed by atoms with Crippen molar-refractivity contribution in [3.63, 3.8) is 0 Å². The zero-order chi connectivity index (χ0) is 15.2. The van der Waals surface area contributed by atoms with E-state index in [1.54, 1.807) is 36.4 Å². The minimum absolute atomic E-state index is 0.533. The summed E-state index contributed by atoms with van der Waals surface area (Å²) in [5, 5.41) is 17.5. The quantitative estimate of drug-likeness (QED) is 0.865. The Kier molecular flexibility index (Phi) is 4.37. The van der Waals surface area contributed by atoms with E-state index in [0.717, 1.165) is 17.2 Å². The van der Waals surface area contributed by atoms with E-state index in [2.05, 4.69) is 6.07 Å². The fourth-order valence-corrected chi connectivity index (χ4v) is 1.82. The molecule has 0 spiro atoms. The molecule has 0 atom stereocenters. The smallest absolute Gasteiger partial charge is 0.328 e. The summed E-state index contributed by atoms with van der Waals surface area (Å²) in [5.41, 5.74) is 2.25. The molecule has 2 rings (SSSR count). The van der Waals surface area contributed by atoms with Gasteiger partial charge in [0.05, 0.1) is 11.6 Å². The van der Waals surface area contributed by atoms with Crippen molar-refractivity contribution >= 4 is 12.0 Å². The van der Waals surface area contributed by atoms with Crippen molar-refractivity contribution in [2.24, 2.45) is 0 Å². The second-order valence-corrected chi connectivity index (χ2v) is 4.43. The number of nitrogens with zero attached hydrogens (tertiary/aromatic N) is 1. The predicted molar refractivity (Wildman–Crippen MR) is 79.1 cm³/mol. The first-order valence-electron chi connectivity index (χ1n) is 6.28. The van der Waals surface area contributed by atoms with Crippen molar-refractivity contribution in [3.8, 4) is 17.6 Å². The number of hydrogen-bond donors (Lipinski definition) is 1. The summed E-state index contributed by atoms with van der Waals surface area (Å²) < 4.78 is 5.69. The Labute approximate surface area is 122 Å². The molecule has 2 aromatic rings. The summed E-state index contributed by atoms with van der Waals surface area (Å²) in [6, 6.07) is 14.3. The molecule has 0 saturated heterocycles. The van der Waals surface area contributed by atoms with Gasteiger partial charge in [-0.05, 0) is 54.5 Å². The molecule has 0 aromatic heterocycles. The highest BCUT2D eigenvalue weighted by molar-refractivity contribution is 5.85. The molecule has 0 fully saturated rings. The Bertz CT molecular complexity index is 742. The zero-order valence-electron chi connectivity index (χ0n) is 11.4. The van der Waals surface area contributed by atoms with E-state index < -0.39 is 5.97 Å². The molecular weight excluding hydrogens is 266 g/mol. The number of aryl methyl sites for hydroxylation is 1. The molecule has 4 heteroatoms. The third-order valence-corrected chi connectivity index (χ3v) is 2.85. The maximum absolute atomic E-state index is 10.5. The van der Waals surface area contributed by atoms with Gasteiger partial charge in [-0.25, -0.2) is 4.79 Å². The number of benzene rings is 2. The van der Waals surface area contributed by atoms with Gasteiger partial charge >= 0.3 is 5.97 Å². The first-order valence-corrected chi connectivity index (χ1v) is 6.28. The van der Waals surface area contributed by atoms with Gasteiger partial charge in [0.2, 0.25) is 0 Å². The monoisotopic (exact) mass is 279 g/mol. The maximum atomic E-state index is 10.5. The van der Waals surface area contributed by atoms with Crippen molar-refractivity contribution in [1.29, 1.82) is 5.26 Å². The first kappa shape index (κ1) is 14.4. The van der Waals surface area contributed by atoms with Crippen LogP contribution in [0.15, 0.2) is 48.5 Å². The summed E-state index contributed by atoms with van der Waals surface area (Å²) in [4.78, 5) is 10.5. The molecule has 0 bridgehead atoms. The Balaban J connectivity index is 2.20. The van der Waals surface area contributed by atoms with Gasteiger partial charge in [-0.3, -0.25) is 0 Å². The van der Waals surface area contributed by atoms with Crippen LogP contribution in [-0.2, 0) is 4.79 Å². The molecule has 0 aliphatic carbocycles. The standard InChI is InChI=1S/C17H13NO3/c1-12-9-16(7-5-14(12)6-8-17(19)20)21-15-4-2-3-13(10-15)11-18/h2-10H,1H3,(H,19,20). The van der Waals surface area contributed by atoms with Crippen LogP contribution in [0.3, 0.4) is 0 Å². The molecule has 0 heterocycles. The molecule has 0 aliphatic rings. The number of carboxylic acid groups (broad SMARTS) is 1. The average Bonchev–Trinajstić information content (AvgIpc) is 2.46. The van der Waals surface area contributed by atoms with Gasteiger partial charge in [0, 0.05) is 6.08 Å². The van der Waals surface area contributed by atoms with Crippen LogP contribution in [0.4, 0.5) is 0 Å². The number of ether oxygens (including phenoxy) is 1. The molecule has 2 aromatic carbocycles. The van der Waals surface area contributed by atoms with Gasteiger partial charge in [0.25, 0.3) is 0 Å². The number of carbonyl (C=O) groups is 1. The van der Waals surface area contributed by atoms with Crippen LogP contribution in [0, 0.1) is 18.3 Å². The highest BCUT2D eigenvalue weighted by Crippen LogP contribution is 2.25. The summed E-state index contributed by atoms with van der Waals surface area (Å²) in [6.07, 6.45) is 2.64. The van der Waals surface area contributed by atoms with Gasteiger partial charge < -0.3 is 9.84 Å². The van der Waals surface area contributed by atoms with Gasteiger partial charge in [0.15, 0.2) is 0 Å². The van der Waals surface area contributed by atoms with Crippen LogP contribution in [0.5, 0.6) is 11.5 Å². The van der Waals surface area contributed by atoms with Crippen molar-refractivity contribution in [2.45, 2.75) is 6.92 Å². The highest BCUT2D eigenvalue weighted by atomic mass is 16.5. The van der Waals surface area contributed by atoms with E-state index in [1.807, 2.05) is 13.0 Å². The topological polar surface area (TPSA) is 70.3 Å². The lowest BCUT2D eigenvalue weighted by molar-refractivity contribution is -0.131. The third-order valence-electron chi connectivity index (χ3n) is 2.85. The van der Waals surface area contributed by atoms with Gasteiger partial charge in [-0.2, -0.15) is 5.26 Å². The molecule has 0 radical (unpaired) electrons. The van der Waals surface area contributed by atoms with Crippen molar-refractivity contribution in [3.05, 3.63) is 65.2 Å². The predicted octanol–water partition coefficient (Wildman–Crippen LogP) is 3.76. The van der Waals surface area contributed by atoms with Gasteiger partial charge in [-0.15, -0.1) is 0 Å². The molecule has 4 nitrogen and oxygen atoms in total. The van der Waals surface area contributed by atoms with Crippen molar-refractivity contribution < 1.29 is 14.6 Å². The minimum atomic E-state index is -0.983. The van der Waals surface area contributed by atoms with Crippen LogP contribution in [0.25, 0.3) is 6.08 Å². The molecule has 21 heavy (non-hydrogen) atoms. The van der Waals surface area contributed by atoms with E-state index in [-0.39, 0.29) is 0 Å². The van der Waals surface area contributed by atoms with Crippen LogP contribution < -0.4 is 4.74 Å². The molecule has 104 valence electrons. The Hall–Kier alpha value is -3.06. The fourth-order valence-electron chi connectivity index (χ4n) is 1.82. The van der Waals surface area contributed by atoms with E-state index >= 15 is 0 Å². The number of rotatable bonds is 4. The molecule has 0 amide bonds. The Morgan fingerprint density at radius 1 is 1.24 bits per heavy atom. The second kappa shape index (κ2) is 6.40. The minimum Gasteiger partial charge on any atom is -0.478 e. The van der Waals surface area contributed by atoms with E-state index in [4.69, 9.17) is 15.1 Å². The lowest BCUT2D eigenvalue weighted by Crippen LogP contribution is -1.89. The number of carboxylic acids is 1. The number of nitriles is 1. The van der Waals surface area contributed by atoms with Crippen LogP contribution in [0.2, 0.25) is 0 Å². The lowest BCUT2D eigenvalue weighted by Gasteiger charge is -2.08. The largest absolute Gasteiger partial charge is 0.478 e. The molecule has 0 unspecified atom stereocenters. The SMILES string of the molecule is Cc1cc(Oc2cccc(C#N)c2)ccc1C=CC(=O)O. The summed E-state index contributed by atoms with van der Waals surface area (Å²) in [7, 11) is 0. The Morgan fingerprint density at radius 3 is 2.67 bits per heavy atom. The van der Waals surface area contributed by atoms with Crippen LogP contribution >= 0.6 is 0 Å². The summed E-state index contributed by atoms with van der Waals surface area (Å²) in [5.74, 6) is 0.236. The first-order chi connectivity index (χ1) is 10.1. The van der Waals surface area contributed by atoms with E-state index in [0.29, 0.717) is 17.1 Å².